The topological polar surface area (TPSA) is 96.0 Å². The third-order valence-corrected chi connectivity index (χ3v) is 4.19. The van der Waals surface area contributed by atoms with E-state index >= 15 is 0 Å². The Morgan fingerprint density at radius 2 is 1.81 bits per heavy atom. The third-order valence-electron chi connectivity index (χ3n) is 4.19. The molecule has 0 heterocycles. The minimum absolute atomic E-state index is 0.00992. The Bertz CT molecular complexity index is 875. The first-order valence-electron chi connectivity index (χ1n) is 8.19. The summed E-state index contributed by atoms with van der Waals surface area (Å²) in [5.74, 6) is -0.516. The smallest absolute Gasteiger partial charge is 0.270 e. The van der Waals surface area contributed by atoms with Gasteiger partial charge < -0.3 is 5.32 Å². The Morgan fingerprint density at radius 3 is 2.31 bits per heavy atom. The van der Waals surface area contributed by atoms with E-state index in [-0.39, 0.29) is 16.7 Å². The number of nitrogens with one attached hydrogen (secondary N) is 1. The number of nitro benzene ring substituents is 1. The van der Waals surface area contributed by atoms with Crippen LogP contribution >= 0.6 is 0 Å². The lowest BCUT2D eigenvalue weighted by Gasteiger charge is -2.20. The van der Waals surface area contributed by atoms with E-state index in [9.17, 15) is 20.2 Å². The van der Waals surface area contributed by atoms with Crippen LogP contribution in [-0.4, -0.2) is 10.8 Å². The van der Waals surface area contributed by atoms with Gasteiger partial charge in [-0.25, -0.2) is 0 Å². The van der Waals surface area contributed by atoms with Crippen LogP contribution < -0.4 is 5.32 Å². The molecule has 1 N–H and O–H groups in total. The predicted molar refractivity (Wildman–Crippen MR) is 98.8 cm³/mol. The van der Waals surface area contributed by atoms with Crippen molar-refractivity contribution in [2.45, 2.75) is 39.2 Å². The molecule has 1 unspecified atom stereocenters. The Labute approximate surface area is 152 Å². The van der Waals surface area contributed by atoms with Crippen LogP contribution in [-0.2, 0) is 5.41 Å². The van der Waals surface area contributed by atoms with Gasteiger partial charge in [-0.15, -0.1) is 0 Å². The molecule has 0 aliphatic heterocycles. The summed E-state index contributed by atoms with van der Waals surface area (Å²) in [6, 6.07) is 12.8. The number of hydrogen-bond acceptors (Lipinski definition) is 4. The van der Waals surface area contributed by atoms with Crippen LogP contribution in [0.4, 0.5) is 5.69 Å². The van der Waals surface area contributed by atoms with Crippen molar-refractivity contribution in [2.75, 3.05) is 0 Å². The highest BCUT2D eigenvalue weighted by molar-refractivity contribution is 5.96. The number of benzene rings is 2. The summed E-state index contributed by atoms with van der Waals surface area (Å²) in [5, 5.41) is 23.0. The van der Waals surface area contributed by atoms with Gasteiger partial charge in [-0.05, 0) is 29.0 Å². The van der Waals surface area contributed by atoms with Gasteiger partial charge >= 0.3 is 0 Å². The summed E-state index contributed by atoms with van der Waals surface area (Å²) >= 11 is 0. The Balaban J connectivity index is 2.25. The number of carbonyl (C=O) groups excluding carboxylic acids is 1. The number of carbonyl (C=O) groups is 1. The summed E-state index contributed by atoms with van der Waals surface area (Å²) in [4.78, 5) is 22.9. The quantitative estimate of drug-likeness (QED) is 0.659. The van der Waals surface area contributed by atoms with Crippen LogP contribution in [0.5, 0.6) is 0 Å². The van der Waals surface area contributed by atoms with Crippen molar-refractivity contribution in [3.63, 3.8) is 0 Å². The number of hydrogen-bond donors (Lipinski definition) is 1. The standard InChI is InChI=1S/C20H21N3O3/c1-13-5-10-16(23(25)26)11-17(13)19(24)22-18(12-21)14-6-8-15(9-7-14)20(2,3)4/h5-11,18H,1-4H3,(H,22,24). The van der Waals surface area contributed by atoms with E-state index in [1.807, 2.05) is 24.3 Å². The Hall–Kier alpha value is -3.20. The van der Waals surface area contributed by atoms with Gasteiger partial charge in [0.05, 0.1) is 11.0 Å². The molecule has 1 amide bonds. The molecule has 0 aliphatic rings. The number of nitrogens with zero attached hydrogens (tertiary/aromatic N) is 2. The lowest BCUT2D eigenvalue weighted by molar-refractivity contribution is -0.384. The van der Waals surface area contributed by atoms with E-state index in [1.54, 1.807) is 6.92 Å². The number of rotatable bonds is 4. The first-order chi connectivity index (χ1) is 12.1. The summed E-state index contributed by atoms with van der Waals surface area (Å²) in [6.45, 7) is 7.97. The Morgan fingerprint density at radius 1 is 1.19 bits per heavy atom. The molecule has 0 radical (unpaired) electrons. The van der Waals surface area contributed by atoms with Crippen molar-refractivity contribution >= 4 is 11.6 Å². The van der Waals surface area contributed by atoms with E-state index in [4.69, 9.17) is 0 Å². The fourth-order valence-corrected chi connectivity index (χ4v) is 2.54. The molecular weight excluding hydrogens is 330 g/mol. The van der Waals surface area contributed by atoms with Crippen LogP contribution in [0.25, 0.3) is 0 Å². The van der Waals surface area contributed by atoms with Crippen LogP contribution in [0.15, 0.2) is 42.5 Å². The highest BCUT2D eigenvalue weighted by Crippen LogP contribution is 2.24. The molecule has 2 rings (SSSR count). The minimum Gasteiger partial charge on any atom is -0.332 e. The average molecular weight is 351 g/mol. The summed E-state index contributed by atoms with van der Waals surface area (Å²) < 4.78 is 0. The van der Waals surface area contributed by atoms with E-state index in [0.29, 0.717) is 11.1 Å². The van der Waals surface area contributed by atoms with Crippen molar-refractivity contribution in [1.29, 1.82) is 5.26 Å². The molecule has 2 aromatic carbocycles. The monoisotopic (exact) mass is 351 g/mol. The van der Waals surface area contributed by atoms with E-state index < -0.39 is 16.9 Å². The Kier molecular flexibility index (Phi) is 5.41. The molecule has 6 nitrogen and oxygen atoms in total. The van der Waals surface area contributed by atoms with Crippen molar-refractivity contribution in [3.05, 3.63) is 74.8 Å². The predicted octanol–water partition coefficient (Wildman–Crippen LogP) is 4.20. The van der Waals surface area contributed by atoms with Gasteiger partial charge in [-0.2, -0.15) is 5.26 Å². The van der Waals surface area contributed by atoms with E-state index in [2.05, 4.69) is 32.2 Å². The number of aryl methyl sites for hydroxylation is 1. The van der Waals surface area contributed by atoms with Crippen LogP contribution in [0.1, 0.15) is 53.9 Å². The lowest BCUT2D eigenvalue weighted by Crippen LogP contribution is -2.28. The average Bonchev–Trinajstić information content (AvgIpc) is 2.59. The lowest BCUT2D eigenvalue weighted by atomic mass is 9.86. The molecule has 0 saturated heterocycles. The first kappa shape index (κ1) is 19.1. The third kappa shape index (κ3) is 4.25. The van der Waals surface area contributed by atoms with Crippen LogP contribution in [0.2, 0.25) is 0 Å². The molecule has 0 aliphatic carbocycles. The molecule has 6 heteroatoms. The maximum absolute atomic E-state index is 12.5. The van der Waals surface area contributed by atoms with E-state index in [0.717, 1.165) is 5.56 Å². The van der Waals surface area contributed by atoms with Crippen molar-refractivity contribution in [1.82, 2.24) is 5.32 Å². The second kappa shape index (κ2) is 7.36. The zero-order valence-electron chi connectivity index (χ0n) is 15.2. The molecular formula is C20H21N3O3. The van der Waals surface area contributed by atoms with Crippen molar-refractivity contribution in [2.24, 2.45) is 0 Å². The molecule has 1 atom stereocenters. The zero-order chi connectivity index (χ0) is 19.5. The molecule has 2 aromatic rings. The van der Waals surface area contributed by atoms with Gasteiger partial charge in [0.1, 0.15) is 6.04 Å². The molecule has 0 bridgehead atoms. The minimum atomic E-state index is -0.838. The van der Waals surface area contributed by atoms with Gasteiger partial charge in [0.25, 0.3) is 11.6 Å². The summed E-state index contributed by atoms with van der Waals surface area (Å²) in [7, 11) is 0. The first-order valence-corrected chi connectivity index (χ1v) is 8.19. The second-order valence-electron chi connectivity index (χ2n) is 7.16. The van der Waals surface area contributed by atoms with Crippen LogP contribution in [0.3, 0.4) is 0 Å². The number of nitriles is 1. The molecule has 0 fully saturated rings. The van der Waals surface area contributed by atoms with E-state index in [1.165, 1.54) is 18.2 Å². The molecule has 134 valence electrons. The van der Waals surface area contributed by atoms with Gasteiger partial charge in [-0.3, -0.25) is 14.9 Å². The van der Waals surface area contributed by atoms with Crippen molar-refractivity contribution < 1.29 is 9.72 Å². The highest BCUT2D eigenvalue weighted by atomic mass is 16.6. The number of amides is 1. The SMILES string of the molecule is Cc1ccc([N+](=O)[O-])cc1C(=O)NC(C#N)c1ccc(C(C)(C)C)cc1. The number of nitro groups is 1. The van der Waals surface area contributed by atoms with Crippen molar-refractivity contribution in [3.8, 4) is 6.07 Å². The molecule has 0 aromatic heterocycles. The molecule has 0 saturated carbocycles. The summed E-state index contributed by atoms with van der Waals surface area (Å²) in [5.41, 5.74) is 2.41. The van der Waals surface area contributed by atoms with Crippen LogP contribution in [0, 0.1) is 28.4 Å². The molecule has 26 heavy (non-hydrogen) atoms. The fraction of sp³-hybridized carbons (Fsp3) is 0.300. The normalized spacial score (nSPS) is 12.1. The summed E-state index contributed by atoms with van der Waals surface area (Å²) in [6.07, 6.45) is 0. The van der Waals surface area contributed by atoms with Gasteiger partial charge in [0.15, 0.2) is 0 Å². The van der Waals surface area contributed by atoms with Gasteiger partial charge in [0.2, 0.25) is 0 Å². The van der Waals surface area contributed by atoms with Gasteiger partial charge in [-0.1, -0.05) is 51.1 Å². The molecule has 0 spiro atoms. The zero-order valence-corrected chi connectivity index (χ0v) is 15.2. The number of non-ortho nitro benzene ring substituents is 1. The maximum Gasteiger partial charge on any atom is 0.270 e. The second-order valence-corrected chi connectivity index (χ2v) is 7.16. The van der Waals surface area contributed by atoms with Gasteiger partial charge in [0, 0.05) is 17.7 Å². The largest absolute Gasteiger partial charge is 0.332 e. The highest BCUT2D eigenvalue weighted by Gasteiger charge is 2.20. The maximum atomic E-state index is 12.5. The fourth-order valence-electron chi connectivity index (χ4n) is 2.54.